The summed E-state index contributed by atoms with van der Waals surface area (Å²) in [5.41, 5.74) is 9.08. The van der Waals surface area contributed by atoms with E-state index in [1.54, 1.807) is 29.1 Å². The lowest BCUT2D eigenvalue weighted by atomic mass is 10.1. The molecule has 28 heavy (non-hydrogen) atoms. The third kappa shape index (κ3) is 2.86. The van der Waals surface area contributed by atoms with Crippen LogP contribution < -0.4 is 5.73 Å². The van der Waals surface area contributed by atoms with Crippen LogP contribution in [-0.2, 0) is 6.54 Å². The van der Waals surface area contributed by atoms with Crippen LogP contribution in [0.5, 0.6) is 0 Å². The van der Waals surface area contributed by atoms with Crippen molar-refractivity contribution in [3.8, 4) is 17.3 Å². The summed E-state index contributed by atoms with van der Waals surface area (Å²) in [5.74, 6) is 0.184. The third-order valence-electron chi connectivity index (χ3n) is 4.24. The van der Waals surface area contributed by atoms with Crippen LogP contribution in [0.1, 0.15) is 11.1 Å². The molecule has 3 aromatic heterocycles. The summed E-state index contributed by atoms with van der Waals surface area (Å²) in [7, 11) is 0. The van der Waals surface area contributed by atoms with Crippen molar-refractivity contribution in [1.82, 2.24) is 24.5 Å². The molecule has 136 valence electrons. The monoisotopic (exact) mass is 372 g/mol. The van der Waals surface area contributed by atoms with Gasteiger partial charge >= 0.3 is 0 Å². The summed E-state index contributed by atoms with van der Waals surface area (Å²) in [6.07, 6.45) is 4.44. The number of nitro benzene ring substituents is 1. The van der Waals surface area contributed by atoms with Crippen molar-refractivity contribution in [1.29, 1.82) is 5.26 Å². The molecule has 0 spiro atoms. The molecule has 0 saturated heterocycles. The van der Waals surface area contributed by atoms with E-state index >= 15 is 0 Å². The summed E-state index contributed by atoms with van der Waals surface area (Å²) in [4.78, 5) is 27.3. The minimum atomic E-state index is -0.443. The summed E-state index contributed by atoms with van der Waals surface area (Å²) in [6.45, 7) is 0.415. The van der Waals surface area contributed by atoms with Crippen molar-refractivity contribution in [2.24, 2.45) is 0 Å². The van der Waals surface area contributed by atoms with Gasteiger partial charge in [-0.3, -0.25) is 10.1 Å². The number of nitrogen functional groups attached to an aromatic ring is 1. The minimum absolute atomic E-state index is 0.0277. The number of non-ortho nitro benzene ring substituents is 1. The molecule has 0 fully saturated rings. The van der Waals surface area contributed by atoms with Gasteiger partial charge in [0.1, 0.15) is 29.4 Å². The number of nitro groups is 1. The number of nitrogens with zero attached hydrogens (tertiary/aromatic N) is 7. The number of pyridine rings is 1. The first-order valence-corrected chi connectivity index (χ1v) is 8.12. The van der Waals surface area contributed by atoms with Gasteiger partial charge in [-0.25, -0.2) is 19.9 Å². The number of nitriles is 1. The average Bonchev–Trinajstić information content (AvgIpc) is 3.11. The molecule has 0 atom stereocenters. The van der Waals surface area contributed by atoms with Crippen molar-refractivity contribution in [3.05, 3.63) is 70.4 Å². The first kappa shape index (κ1) is 17.0. The number of fused-ring (bicyclic) bond motifs is 1. The van der Waals surface area contributed by atoms with Gasteiger partial charge in [0.2, 0.25) is 0 Å². The molecule has 2 N–H and O–H groups in total. The third-order valence-corrected chi connectivity index (χ3v) is 4.24. The second-order valence-corrected chi connectivity index (χ2v) is 5.92. The fourth-order valence-corrected chi connectivity index (χ4v) is 2.92. The van der Waals surface area contributed by atoms with Gasteiger partial charge in [-0.05, 0) is 11.6 Å². The molecule has 0 saturated carbocycles. The van der Waals surface area contributed by atoms with E-state index in [9.17, 15) is 15.4 Å². The summed E-state index contributed by atoms with van der Waals surface area (Å²) in [6, 6.07) is 9.91. The molecule has 0 amide bonds. The Bertz CT molecular complexity index is 1240. The lowest BCUT2D eigenvalue weighted by Crippen LogP contribution is -2.02. The van der Waals surface area contributed by atoms with Crippen LogP contribution in [0.15, 0.2) is 49.2 Å². The quantitative estimate of drug-likeness (QED) is 0.423. The Kier molecular flexibility index (Phi) is 4.10. The number of imidazole rings is 1. The van der Waals surface area contributed by atoms with E-state index in [0.717, 1.165) is 5.56 Å². The zero-order chi connectivity index (χ0) is 19.7. The van der Waals surface area contributed by atoms with E-state index in [0.29, 0.717) is 34.5 Å². The molecule has 0 aliphatic heterocycles. The van der Waals surface area contributed by atoms with E-state index in [1.165, 1.54) is 24.7 Å². The highest BCUT2D eigenvalue weighted by atomic mass is 16.6. The van der Waals surface area contributed by atoms with Gasteiger partial charge in [-0.15, -0.1) is 0 Å². The van der Waals surface area contributed by atoms with Crippen LogP contribution in [0.2, 0.25) is 0 Å². The highest BCUT2D eigenvalue weighted by molar-refractivity contribution is 5.92. The Labute approximate surface area is 158 Å². The molecular formula is C18H12N8O2. The summed E-state index contributed by atoms with van der Waals surface area (Å²) in [5, 5.41) is 20.2. The van der Waals surface area contributed by atoms with Crippen LogP contribution in [0, 0.1) is 21.4 Å². The number of rotatable bonds is 4. The van der Waals surface area contributed by atoms with E-state index in [-0.39, 0.29) is 11.5 Å². The highest BCUT2D eigenvalue weighted by Gasteiger charge is 2.18. The van der Waals surface area contributed by atoms with E-state index in [2.05, 4.69) is 26.0 Å². The fraction of sp³-hybridized carbons (Fsp3) is 0.0556. The fourth-order valence-electron chi connectivity index (χ4n) is 2.92. The first-order chi connectivity index (χ1) is 13.6. The van der Waals surface area contributed by atoms with Gasteiger partial charge in [0, 0.05) is 18.3 Å². The summed E-state index contributed by atoms with van der Waals surface area (Å²) >= 11 is 0. The number of aromatic nitrogens is 5. The predicted molar refractivity (Wildman–Crippen MR) is 99.9 cm³/mol. The van der Waals surface area contributed by atoms with E-state index in [1.807, 2.05) is 0 Å². The minimum Gasteiger partial charge on any atom is -0.383 e. The SMILES string of the molecule is N#Cc1ccnc(N)c1-c1ncnc2c1ncn2Cc1ccc([N+](=O)[O-])cc1. The predicted octanol–water partition coefficient (Wildman–Crippen LogP) is 2.30. The normalized spacial score (nSPS) is 10.7. The van der Waals surface area contributed by atoms with Gasteiger partial charge in [0.25, 0.3) is 5.69 Å². The van der Waals surface area contributed by atoms with Crippen molar-refractivity contribution in [3.63, 3.8) is 0 Å². The zero-order valence-electron chi connectivity index (χ0n) is 14.4. The maximum absolute atomic E-state index is 10.8. The largest absolute Gasteiger partial charge is 0.383 e. The topological polar surface area (TPSA) is 149 Å². The standard InChI is InChI=1S/C18H12N8O2/c19-7-12-5-6-21-17(20)14(12)15-16-18(23-9-22-15)25(10-24-16)8-11-1-3-13(4-2-11)26(27)28/h1-6,9-10H,8H2,(H2,20,21). The van der Waals surface area contributed by atoms with Crippen LogP contribution >= 0.6 is 0 Å². The Morgan fingerprint density at radius 2 is 1.93 bits per heavy atom. The Hall–Kier alpha value is -4.39. The molecule has 3 heterocycles. The van der Waals surface area contributed by atoms with Gasteiger partial charge in [0.05, 0.1) is 28.9 Å². The first-order valence-electron chi connectivity index (χ1n) is 8.12. The Morgan fingerprint density at radius 1 is 1.14 bits per heavy atom. The second kappa shape index (κ2) is 6.73. The molecule has 0 unspecified atom stereocenters. The van der Waals surface area contributed by atoms with E-state index < -0.39 is 4.92 Å². The van der Waals surface area contributed by atoms with Crippen molar-refractivity contribution >= 4 is 22.7 Å². The van der Waals surface area contributed by atoms with E-state index in [4.69, 9.17) is 5.73 Å². The number of hydrogen-bond donors (Lipinski definition) is 1. The molecule has 0 aliphatic rings. The number of anilines is 1. The highest BCUT2D eigenvalue weighted by Crippen LogP contribution is 2.30. The van der Waals surface area contributed by atoms with Gasteiger partial charge in [-0.2, -0.15) is 5.26 Å². The molecule has 4 aromatic rings. The van der Waals surface area contributed by atoms with Crippen molar-refractivity contribution in [2.75, 3.05) is 5.73 Å². The molecule has 0 bridgehead atoms. The van der Waals surface area contributed by atoms with Crippen LogP contribution in [0.4, 0.5) is 11.5 Å². The van der Waals surface area contributed by atoms with Gasteiger partial charge in [0.15, 0.2) is 5.65 Å². The van der Waals surface area contributed by atoms with Crippen molar-refractivity contribution < 1.29 is 4.92 Å². The molecule has 10 nitrogen and oxygen atoms in total. The lowest BCUT2D eigenvalue weighted by Gasteiger charge is -2.07. The van der Waals surface area contributed by atoms with Crippen LogP contribution in [-0.4, -0.2) is 29.4 Å². The zero-order valence-corrected chi connectivity index (χ0v) is 14.4. The van der Waals surface area contributed by atoms with Gasteiger partial charge in [-0.1, -0.05) is 12.1 Å². The molecule has 0 radical (unpaired) electrons. The van der Waals surface area contributed by atoms with Gasteiger partial charge < -0.3 is 10.3 Å². The summed E-state index contributed by atoms with van der Waals surface area (Å²) < 4.78 is 1.79. The molecular weight excluding hydrogens is 360 g/mol. The number of hydrogen-bond acceptors (Lipinski definition) is 8. The number of benzene rings is 1. The van der Waals surface area contributed by atoms with Crippen LogP contribution in [0.3, 0.4) is 0 Å². The van der Waals surface area contributed by atoms with Crippen LogP contribution in [0.25, 0.3) is 22.4 Å². The Balaban J connectivity index is 1.78. The number of nitrogens with two attached hydrogens (primary N) is 1. The Morgan fingerprint density at radius 3 is 2.64 bits per heavy atom. The molecule has 1 aromatic carbocycles. The lowest BCUT2D eigenvalue weighted by molar-refractivity contribution is -0.384. The average molecular weight is 372 g/mol. The molecule has 10 heteroatoms. The molecule has 4 rings (SSSR count). The molecule has 0 aliphatic carbocycles. The second-order valence-electron chi connectivity index (χ2n) is 5.92. The van der Waals surface area contributed by atoms with Crippen molar-refractivity contribution in [2.45, 2.75) is 6.54 Å². The maximum atomic E-state index is 10.8. The maximum Gasteiger partial charge on any atom is 0.269 e. The smallest absolute Gasteiger partial charge is 0.269 e.